The third-order valence-electron chi connectivity index (χ3n) is 10.4. The maximum atomic E-state index is 9.60. The van der Waals surface area contributed by atoms with Crippen LogP contribution in [0.4, 0.5) is 0 Å². The number of hydrogen-bond donors (Lipinski definition) is 12. The van der Waals surface area contributed by atoms with Crippen molar-refractivity contribution in [1.82, 2.24) is 0 Å². The summed E-state index contributed by atoms with van der Waals surface area (Å²) in [6, 6.07) is 0. The fourth-order valence-corrected chi connectivity index (χ4v) is 3.63. The molecule has 0 saturated carbocycles. The SMILES string of the molecule is C.C.CC(C)(C)C(=[OH+])C=C(O)C(C)(C)C.CC(C)(C)C(=[OH+])C=C(O)C(C)(C)C.CC(C)(C)C(=[OH+])C=C(O)C(C)(C)C.CC(C)(C)C(=[OH+])C=C(O)C(C)(C)C.CC(C)(C)C(=[OH+])C=C(O)C(C)(C)C.CC(C)(C)O.CC(C)(C)O.CC(C)O.CC(C)O.CCCOCC(C)(C)O.CO.COCC(C)(C)O.[Hf].[Hf].[Ti].[Ti].[Ti].[Ti].[Ti]. The third-order valence-corrected chi connectivity index (χ3v) is 10.4. The van der Waals surface area contributed by atoms with E-state index in [9.17, 15) is 49.5 Å². The van der Waals surface area contributed by atoms with Gasteiger partial charge in [0, 0.05) is 220 Å². The number of allylic oxidation sites excluding steroid dienone is 10. The number of aliphatic hydroxyl groups is 12. The van der Waals surface area contributed by atoms with Crippen LogP contribution in [0.2, 0.25) is 0 Å². The van der Waals surface area contributed by atoms with Gasteiger partial charge < -0.3 is 70.8 Å². The van der Waals surface area contributed by atoms with Gasteiger partial charge in [-0.3, -0.25) is 24.0 Å². The zero-order valence-electron chi connectivity index (χ0n) is 77.8. The summed E-state index contributed by atoms with van der Waals surface area (Å²) in [6.45, 7) is 84.8. The van der Waals surface area contributed by atoms with Gasteiger partial charge in [-0.05, 0) is 207 Å². The van der Waals surface area contributed by atoms with E-state index in [1.807, 2.05) is 215 Å². The first-order valence-corrected chi connectivity index (χ1v) is 35.0. The maximum absolute atomic E-state index is 9.60. The number of hydrogen-bond acceptors (Lipinski definition) is 14. The van der Waals surface area contributed by atoms with Gasteiger partial charge in [0.05, 0.1) is 93.1 Å². The van der Waals surface area contributed by atoms with Crippen molar-refractivity contribution in [3.8, 4) is 0 Å². The molecule has 0 unspecified atom stereocenters. The number of aliphatic hydroxyl groups excluding tert-OH is 8. The van der Waals surface area contributed by atoms with Crippen LogP contribution in [0.5, 0.6) is 0 Å². The van der Waals surface area contributed by atoms with E-state index in [0.717, 1.165) is 20.1 Å². The van der Waals surface area contributed by atoms with Crippen molar-refractivity contribution < 1.29 is 255 Å². The Hall–Kier alpha value is 1.00. The molecule has 0 rings (SSSR count). The van der Waals surface area contributed by atoms with Crippen LogP contribution in [-0.2, 0) is 170 Å². The second-order valence-corrected chi connectivity index (χ2v) is 38.7. The standard InChI is InChI=1S/5C11H20O2.C7H16O2.C5H12O2.2C4H10O.2C3H8O.CH4O.2CH4.2Hf.5Ti/c5*1-10(2,3)8(12)7-9(13)11(4,5)6;1-4-5-9-6-7(2,3)8;1-5(2,6)4-7-3;2*1-4(2,3)5;2*1-3(2)4;1-2;;;;;;;;;/h5*7,12H,1-6H3;8H,4-6H2,1-3H3;6H,4H2,1-3H3;2*5H,1-3H3;2*3-4H,1-2H3;2H,1H3;2*1H4;;;;;;;/p+5. The summed E-state index contributed by atoms with van der Waals surface area (Å²) >= 11 is 0. The van der Waals surface area contributed by atoms with Crippen molar-refractivity contribution in [3.63, 3.8) is 0 Å². The first kappa shape index (κ1) is 166. The van der Waals surface area contributed by atoms with Gasteiger partial charge in [0.2, 0.25) is 0 Å². The van der Waals surface area contributed by atoms with Crippen LogP contribution in [0.15, 0.2) is 59.2 Å². The summed E-state index contributed by atoms with van der Waals surface area (Å²) in [5, 5.41) is 106. The molecule has 0 bridgehead atoms. The molecule has 110 heavy (non-hydrogen) atoms. The Morgan fingerprint density at radius 3 is 0.464 bits per heavy atom. The molecule has 0 radical (unpaired) electrons. The Bertz CT molecular complexity index is 2040. The Balaban J connectivity index is -0.0000000421. The van der Waals surface area contributed by atoms with Crippen molar-refractivity contribution in [2.75, 3.05) is 34.0 Å². The van der Waals surface area contributed by atoms with Gasteiger partial charge >= 0.3 is 28.9 Å². The molecule has 0 aromatic rings. The van der Waals surface area contributed by atoms with Gasteiger partial charge in [0.1, 0.15) is 28.8 Å². The van der Waals surface area contributed by atoms with Crippen molar-refractivity contribution in [3.05, 3.63) is 59.2 Å². The molecule has 0 aromatic carbocycles. The van der Waals surface area contributed by atoms with Crippen LogP contribution in [0.1, 0.15) is 333 Å². The van der Waals surface area contributed by atoms with Crippen LogP contribution in [0.25, 0.3) is 0 Å². The summed E-state index contributed by atoms with van der Waals surface area (Å²) in [4.78, 5) is 48.0. The van der Waals surface area contributed by atoms with Gasteiger partial charge in [-0.1, -0.05) is 126 Å². The van der Waals surface area contributed by atoms with E-state index in [4.69, 9.17) is 40.5 Å². The van der Waals surface area contributed by atoms with Crippen molar-refractivity contribution in [2.45, 2.75) is 367 Å². The second kappa shape index (κ2) is 75.0. The maximum Gasteiger partial charge on any atom is 0.325 e. The predicted molar refractivity (Wildman–Crippen MR) is 449 cm³/mol. The molecule has 654 valence electrons. The molecular weight excluding hydrogens is 1910 g/mol. The van der Waals surface area contributed by atoms with Crippen molar-refractivity contribution in [1.29, 1.82) is 0 Å². The normalized spacial score (nSPS) is 12.1. The molecule has 0 aromatic heterocycles. The van der Waals surface area contributed by atoms with E-state index >= 15 is 0 Å². The van der Waals surface area contributed by atoms with Crippen molar-refractivity contribution in [2.24, 2.45) is 54.1 Å². The van der Waals surface area contributed by atoms with E-state index < -0.39 is 22.4 Å². The number of ketones is 5. The zero-order chi connectivity index (χ0) is 85.7. The minimum absolute atomic E-state index is 0. The van der Waals surface area contributed by atoms with Gasteiger partial charge in [0.15, 0.2) is 0 Å². The molecule has 0 saturated heterocycles. The fraction of sp³-hybridized carbons (Fsp3) is 0.821. The molecular formula is C84H181Hf2O19Ti5+5. The monoisotopic (exact) mass is 2090 g/mol. The Morgan fingerprint density at radius 1 is 0.300 bits per heavy atom. The van der Waals surface area contributed by atoms with Crippen LogP contribution in [0, 0.1) is 54.1 Å². The minimum atomic E-state index is -0.672. The van der Waals surface area contributed by atoms with Crippen LogP contribution in [0.3, 0.4) is 0 Å². The predicted octanol–water partition coefficient (Wildman–Crippen LogP) is 20.1. The average Bonchev–Trinajstić information content (AvgIpc) is 0.897. The van der Waals surface area contributed by atoms with Gasteiger partial charge in [-0.25, -0.2) is 0 Å². The van der Waals surface area contributed by atoms with Gasteiger partial charge in [-0.2, -0.15) is 0 Å². The first-order valence-electron chi connectivity index (χ1n) is 35.0. The largest absolute Gasteiger partial charge is 0.511 e. The molecule has 0 aliphatic heterocycles. The summed E-state index contributed by atoms with van der Waals surface area (Å²) in [5.74, 6) is 2.08. The Morgan fingerprint density at radius 2 is 0.409 bits per heavy atom. The van der Waals surface area contributed by atoms with Gasteiger partial charge in [-0.15, -0.1) is 0 Å². The van der Waals surface area contributed by atoms with Crippen LogP contribution < -0.4 is 0 Å². The molecule has 0 amide bonds. The van der Waals surface area contributed by atoms with Crippen molar-refractivity contribution >= 4 is 28.9 Å². The molecule has 0 spiro atoms. The summed E-state index contributed by atoms with van der Waals surface area (Å²) in [5.41, 5.74) is -5.41. The smallest absolute Gasteiger partial charge is 0.325 e. The second-order valence-electron chi connectivity index (χ2n) is 38.7. The molecule has 0 aliphatic carbocycles. The van der Waals surface area contributed by atoms with E-state index in [-0.39, 0.29) is 299 Å². The average molecular weight is 2090 g/mol. The van der Waals surface area contributed by atoms with Crippen LogP contribution in [-0.4, -0.2) is 183 Å². The van der Waals surface area contributed by atoms with E-state index in [1.165, 1.54) is 30.4 Å². The van der Waals surface area contributed by atoms with E-state index in [2.05, 4.69) is 4.74 Å². The van der Waals surface area contributed by atoms with E-state index in [1.54, 1.807) is 104 Å². The summed E-state index contributed by atoms with van der Waals surface area (Å²) in [6.07, 6.45) is 7.90. The molecule has 26 heteroatoms. The number of methoxy groups -OCH3 is 1. The summed E-state index contributed by atoms with van der Waals surface area (Å²) < 4.78 is 9.75. The number of carbonyl (C=O) groups excluding carboxylic acids is 5. The van der Waals surface area contributed by atoms with Gasteiger partial charge in [0.25, 0.3) is 0 Å². The first-order chi connectivity index (χ1) is 43.3. The topological polar surface area (TPSA) is 368 Å². The molecule has 0 atom stereocenters. The molecule has 0 aliphatic rings. The van der Waals surface area contributed by atoms with Crippen LogP contribution >= 0.6 is 0 Å². The zero-order valence-corrected chi connectivity index (χ0v) is 92.8. The molecule has 17 N–H and O–H groups in total. The molecule has 0 heterocycles. The summed E-state index contributed by atoms with van der Waals surface area (Å²) in [7, 11) is 2.57. The third kappa shape index (κ3) is 154. The molecule has 19 nitrogen and oxygen atoms in total. The van der Waals surface area contributed by atoms with E-state index in [0.29, 0.717) is 13.2 Å². The number of ether oxygens (including phenoxy) is 2. The number of rotatable bonds is 11. The quantitative estimate of drug-likeness (QED) is 0.0301. The fourth-order valence-electron chi connectivity index (χ4n) is 3.63. The molecule has 0 fully saturated rings. The Kier molecular flexibility index (Phi) is 113. The minimum Gasteiger partial charge on any atom is -0.511 e. The Labute approximate surface area is 790 Å².